The molecule has 5 heteroatoms. The van der Waals surface area contributed by atoms with Crippen LogP contribution in [-0.4, -0.2) is 29.2 Å². The number of carbonyl (C=O) groups is 1. The fourth-order valence-corrected chi connectivity index (χ4v) is 2.92. The highest BCUT2D eigenvalue weighted by molar-refractivity contribution is 5.74. The number of aliphatic carboxylic acids is 1. The van der Waals surface area contributed by atoms with Crippen LogP contribution >= 0.6 is 0 Å². The topological polar surface area (TPSA) is 62.5 Å². The van der Waals surface area contributed by atoms with E-state index in [0.717, 1.165) is 36.3 Å². The number of fused-ring (bicyclic) bond motifs is 1. The number of anilines is 1. The Labute approximate surface area is 118 Å². The molecule has 5 nitrogen and oxygen atoms in total. The molecule has 1 aromatic rings. The van der Waals surface area contributed by atoms with Crippen molar-refractivity contribution < 1.29 is 9.90 Å². The molecule has 2 heterocycles. The number of nitrogens with zero attached hydrogens (tertiary/aromatic N) is 2. The van der Waals surface area contributed by atoms with E-state index >= 15 is 0 Å². The summed E-state index contributed by atoms with van der Waals surface area (Å²) in [7, 11) is 1.94. The molecular formula is C15H22N2O3. The standard InChI is InChI=1S/C15H22N2O3/c1-10(2)11-8-13(18)17-7-5-4-6-16(3)15(17)12(11)9-14(19)20/h8,10H,4-7,9H2,1-3H3,(H,19,20). The van der Waals surface area contributed by atoms with Crippen LogP contribution in [0.3, 0.4) is 0 Å². The molecule has 110 valence electrons. The van der Waals surface area contributed by atoms with Gasteiger partial charge in [-0.2, -0.15) is 0 Å². The predicted molar refractivity (Wildman–Crippen MR) is 78.6 cm³/mol. The highest BCUT2D eigenvalue weighted by Crippen LogP contribution is 2.29. The molecule has 0 unspecified atom stereocenters. The summed E-state index contributed by atoms with van der Waals surface area (Å²) in [6.07, 6.45) is 1.93. The first kappa shape index (κ1) is 14.6. The Morgan fingerprint density at radius 1 is 1.35 bits per heavy atom. The van der Waals surface area contributed by atoms with Crippen LogP contribution in [-0.2, 0) is 17.8 Å². The number of aromatic nitrogens is 1. The molecule has 1 aromatic heterocycles. The van der Waals surface area contributed by atoms with E-state index in [2.05, 4.69) is 0 Å². The van der Waals surface area contributed by atoms with Gasteiger partial charge in [0.2, 0.25) is 0 Å². The third kappa shape index (κ3) is 2.71. The first-order valence-corrected chi connectivity index (χ1v) is 7.11. The van der Waals surface area contributed by atoms with Gasteiger partial charge in [0, 0.05) is 31.8 Å². The van der Waals surface area contributed by atoms with Gasteiger partial charge in [-0.1, -0.05) is 13.8 Å². The average molecular weight is 278 g/mol. The minimum absolute atomic E-state index is 0.0217. The number of hydrogen-bond acceptors (Lipinski definition) is 3. The van der Waals surface area contributed by atoms with E-state index in [0.29, 0.717) is 6.54 Å². The zero-order chi connectivity index (χ0) is 14.9. The summed E-state index contributed by atoms with van der Waals surface area (Å²) < 4.78 is 1.73. The van der Waals surface area contributed by atoms with Gasteiger partial charge < -0.3 is 10.0 Å². The lowest BCUT2D eigenvalue weighted by molar-refractivity contribution is -0.136. The van der Waals surface area contributed by atoms with Gasteiger partial charge in [-0.15, -0.1) is 0 Å². The molecule has 0 aromatic carbocycles. The number of carboxylic acid groups (broad SMARTS) is 1. The van der Waals surface area contributed by atoms with Gasteiger partial charge in [0.05, 0.1) is 6.42 Å². The van der Waals surface area contributed by atoms with Crippen LogP contribution in [0, 0.1) is 0 Å². The van der Waals surface area contributed by atoms with Crippen LogP contribution in [0.2, 0.25) is 0 Å². The highest BCUT2D eigenvalue weighted by atomic mass is 16.4. The molecule has 0 atom stereocenters. The number of rotatable bonds is 3. The van der Waals surface area contributed by atoms with Crippen molar-refractivity contribution in [2.45, 2.75) is 45.6 Å². The van der Waals surface area contributed by atoms with Gasteiger partial charge in [0.25, 0.3) is 5.56 Å². The number of hydrogen-bond donors (Lipinski definition) is 1. The molecule has 1 N–H and O–H groups in total. The van der Waals surface area contributed by atoms with Gasteiger partial charge in [-0.25, -0.2) is 0 Å². The maximum Gasteiger partial charge on any atom is 0.307 e. The maximum atomic E-state index is 12.3. The largest absolute Gasteiger partial charge is 0.481 e. The number of pyridine rings is 1. The second-order valence-electron chi connectivity index (χ2n) is 5.75. The second-order valence-corrected chi connectivity index (χ2v) is 5.75. The Bertz CT molecular complexity index is 575. The first-order valence-electron chi connectivity index (χ1n) is 7.11. The van der Waals surface area contributed by atoms with Crippen molar-refractivity contribution in [3.63, 3.8) is 0 Å². The van der Waals surface area contributed by atoms with Crippen LogP contribution in [0.5, 0.6) is 0 Å². The summed E-state index contributed by atoms with van der Waals surface area (Å²) in [6.45, 7) is 5.51. The van der Waals surface area contributed by atoms with E-state index in [4.69, 9.17) is 0 Å². The minimum Gasteiger partial charge on any atom is -0.481 e. The van der Waals surface area contributed by atoms with E-state index < -0.39 is 5.97 Å². The molecule has 0 spiro atoms. The molecule has 0 radical (unpaired) electrons. The van der Waals surface area contributed by atoms with E-state index in [9.17, 15) is 14.7 Å². The van der Waals surface area contributed by atoms with Crippen molar-refractivity contribution in [2.24, 2.45) is 0 Å². The van der Waals surface area contributed by atoms with Gasteiger partial charge >= 0.3 is 5.97 Å². The Balaban J connectivity index is 2.72. The smallest absolute Gasteiger partial charge is 0.307 e. The van der Waals surface area contributed by atoms with Crippen LogP contribution in [0.4, 0.5) is 5.82 Å². The Morgan fingerprint density at radius 2 is 2.00 bits per heavy atom. The zero-order valence-electron chi connectivity index (χ0n) is 12.3. The predicted octanol–water partition coefficient (Wildman–Crippen LogP) is 1.83. The maximum absolute atomic E-state index is 12.3. The van der Waals surface area contributed by atoms with E-state index in [1.165, 1.54) is 0 Å². The van der Waals surface area contributed by atoms with E-state index in [-0.39, 0.29) is 17.9 Å². The number of carboxylic acids is 1. The normalized spacial score (nSPS) is 15.1. The van der Waals surface area contributed by atoms with E-state index in [1.54, 1.807) is 10.6 Å². The van der Waals surface area contributed by atoms with Crippen molar-refractivity contribution in [1.29, 1.82) is 0 Å². The van der Waals surface area contributed by atoms with Crippen LogP contribution in [0.1, 0.15) is 43.7 Å². The highest BCUT2D eigenvalue weighted by Gasteiger charge is 2.23. The summed E-state index contributed by atoms with van der Waals surface area (Å²) in [6, 6.07) is 1.62. The van der Waals surface area contributed by atoms with E-state index in [1.807, 2.05) is 25.8 Å². The fraction of sp³-hybridized carbons (Fsp3) is 0.600. The summed E-state index contributed by atoms with van der Waals surface area (Å²) >= 11 is 0. The molecule has 1 aliphatic heterocycles. The van der Waals surface area contributed by atoms with Crippen molar-refractivity contribution in [2.75, 3.05) is 18.5 Å². The third-order valence-corrected chi connectivity index (χ3v) is 3.86. The Hall–Kier alpha value is -1.78. The molecule has 0 fully saturated rings. The third-order valence-electron chi connectivity index (χ3n) is 3.86. The zero-order valence-corrected chi connectivity index (χ0v) is 12.3. The van der Waals surface area contributed by atoms with Gasteiger partial charge in [0.1, 0.15) is 5.82 Å². The SMILES string of the molecule is CC(C)c1cc(=O)n2c(c1CC(=O)O)N(C)CCCC2. The molecule has 0 saturated carbocycles. The molecule has 0 saturated heterocycles. The summed E-state index contributed by atoms with van der Waals surface area (Å²) in [4.78, 5) is 25.5. The molecule has 2 rings (SSSR count). The van der Waals surface area contributed by atoms with Crippen LogP contribution in [0.15, 0.2) is 10.9 Å². The lowest BCUT2D eigenvalue weighted by Crippen LogP contribution is -2.30. The second kappa shape index (κ2) is 5.69. The molecule has 1 aliphatic rings. The lowest BCUT2D eigenvalue weighted by atomic mass is 9.95. The lowest BCUT2D eigenvalue weighted by Gasteiger charge is -2.26. The van der Waals surface area contributed by atoms with Crippen molar-refractivity contribution in [3.05, 3.63) is 27.5 Å². The van der Waals surface area contributed by atoms with Gasteiger partial charge in [-0.05, 0) is 24.3 Å². The monoisotopic (exact) mass is 278 g/mol. The van der Waals surface area contributed by atoms with Gasteiger partial charge in [0.15, 0.2) is 0 Å². The quantitative estimate of drug-likeness (QED) is 0.916. The van der Waals surface area contributed by atoms with Crippen molar-refractivity contribution >= 4 is 11.8 Å². The van der Waals surface area contributed by atoms with Crippen molar-refractivity contribution in [1.82, 2.24) is 4.57 Å². The van der Waals surface area contributed by atoms with Crippen LogP contribution < -0.4 is 10.5 Å². The minimum atomic E-state index is -0.856. The summed E-state index contributed by atoms with van der Waals surface area (Å²) in [5.74, 6) is 0.0756. The molecule has 20 heavy (non-hydrogen) atoms. The molecular weight excluding hydrogens is 256 g/mol. The first-order chi connectivity index (χ1) is 9.41. The van der Waals surface area contributed by atoms with Crippen LogP contribution in [0.25, 0.3) is 0 Å². The Morgan fingerprint density at radius 3 is 2.60 bits per heavy atom. The van der Waals surface area contributed by atoms with Crippen molar-refractivity contribution in [3.8, 4) is 0 Å². The summed E-state index contributed by atoms with van der Waals surface area (Å²) in [5, 5.41) is 9.19. The Kier molecular flexibility index (Phi) is 4.16. The molecule has 0 aliphatic carbocycles. The molecule has 0 amide bonds. The van der Waals surface area contributed by atoms with Gasteiger partial charge in [-0.3, -0.25) is 14.2 Å². The average Bonchev–Trinajstić information content (AvgIpc) is 2.54. The summed E-state index contributed by atoms with van der Waals surface area (Å²) in [5.41, 5.74) is 1.63. The molecule has 0 bridgehead atoms. The fourth-order valence-electron chi connectivity index (χ4n) is 2.92.